The molecule has 2 aliphatic rings. The summed E-state index contributed by atoms with van der Waals surface area (Å²) < 4.78 is 5.46. The second kappa shape index (κ2) is 5.93. The van der Waals surface area contributed by atoms with E-state index < -0.39 is 0 Å². The lowest BCUT2D eigenvalue weighted by atomic mass is 10.1. The summed E-state index contributed by atoms with van der Waals surface area (Å²) in [5.41, 5.74) is 6.60. The van der Waals surface area contributed by atoms with Crippen molar-refractivity contribution in [3.05, 3.63) is 65.4 Å². The average Bonchev–Trinajstić information content (AvgIpc) is 3.06. The maximum Gasteiger partial charge on any atom is 0.228 e. The van der Waals surface area contributed by atoms with Crippen molar-refractivity contribution in [1.29, 1.82) is 0 Å². The van der Waals surface area contributed by atoms with Gasteiger partial charge in [-0.05, 0) is 29.3 Å². The monoisotopic (exact) mass is 344 g/mol. The summed E-state index contributed by atoms with van der Waals surface area (Å²) in [6.45, 7) is 1.31. The van der Waals surface area contributed by atoms with Crippen molar-refractivity contribution in [2.75, 3.05) is 10.6 Å². The Labute approximate surface area is 150 Å². The average molecular weight is 344 g/mol. The van der Waals surface area contributed by atoms with Crippen LogP contribution in [0.5, 0.6) is 0 Å². The highest BCUT2D eigenvalue weighted by Crippen LogP contribution is 2.33. The van der Waals surface area contributed by atoms with Crippen molar-refractivity contribution in [1.82, 2.24) is 9.97 Å². The molecule has 0 saturated heterocycles. The van der Waals surface area contributed by atoms with Crippen molar-refractivity contribution in [3.8, 4) is 11.3 Å². The molecule has 1 amide bonds. The number of fused-ring (bicyclic) bond motifs is 4. The van der Waals surface area contributed by atoms with Crippen LogP contribution in [0.1, 0.15) is 16.7 Å². The van der Waals surface area contributed by atoms with Crippen LogP contribution in [0.25, 0.3) is 11.3 Å². The number of amides is 1. The summed E-state index contributed by atoms with van der Waals surface area (Å²) in [5.74, 6) is 0.450. The van der Waals surface area contributed by atoms with E-state index in [0.29, 0.717) is 19.2 Å². The molecule has 0 saturated carbocycles. The first-order chi connectivity index (χ1) is 12.8. The van der Waals surface area contributed by atoms with Gasteiger partial charge in [-0.25, -0.2) is 9.97 Å². The Morgan fingerprint density at radius 2 is 1.92 bits per heavy atom. The van der Waals surface area contributed by atoms with Crippen molar-refractivity contribution in [3.63, 3.8) is 0 Å². The van der Waals surface area contributed by atoms with Crippen LogP contribution >= 0.6 is 0 Å². The Hall–Kier alpha value is -3.25. The zero-order chi connectivity index (χ0) is 17.5. The minimum atomic E-state index is -0.0564. The molecular formula is C20H16N4O2. The number of aromatic nitrogens is 2. The van der Waals surface area contributed by atoms with E-state index >= 15 is 0 Å². The van der Waals surface area contributed by atoms with E-state index in [2.05, 4.69) is 27.8 Å². The number of hydrogen-bond donors (Lipinski definition) is 2. The predicted octanol–water partition coefficient (Wildman–Crippen LogP) is 3.41. The predicted molar refractivity (Wildman–Crippen MR) is 98.0 cm³/mol. The number of ether oxygens (including phenoxy) is 1. The largest absolute Gasteiger partial charge is 0.372 e. The summed E-state index contributed by atoms with van der Waals surface area (Å²) >= 11 is 0. The van der Waals surface area contributed by atoms with E-state index in [1.54, 1.807) is 6.20 Å². The molecule has 26 heavy (non-hydrogen) atoms. The molecule has 6 nitrogen and oxygen atoms in total. The molecule has 0 radical (unpaired) electrons. The van der Waals surface area contributed by atoms with Gasteiger partial charge in [-0.2, -0.15) is 0 Å². The van der Waals surface area contributed by atoms with Gasteiger partial charge in [0.05, 0.1) is 31.0 Å². The second-order valence-electron chi connectivity index (χ2n) is 6.44. The molecule has 5 rings (SSSR count). The highest BCUT2D eigenvalue weighted by molar-refractivity contribution is 5.99. The molecule has 2 aromatic carbocycles. The van der Waals surface area contributed by atoms with Gasteiger partial charge in [0.1, 0.15) is 0 Å². The third-order valence-corrected chi connectivity index (χ3v) is 4.65. The molecule has 0 unspecified atom stereocenters. The SMILES string of the molecule is O=C1Cc2cnc(Nc3ccc4c(c3)COC4)nc2-c2ccccc2N1. The number of hydrogen-bond acceptors (Lipinski definition) is 5. The van der Waals surface area contributed by atoms with Crippen LogP contribution in [-0.2, 0) is 29.2 Å². The zero-order valence-electron chi connectivity index (χ0n) is 14.0. The number of nitrogens with zero attached hydrogens (tertiary/aromatic N) is 2. The van der Waals surface area contributed by atoms with Gasteiger partial charge in [-0.1, -0.05) is 24.3 Å². The molecule has 128 valence electrons. The van der Waals surface area contributed by atoms with E-state index in [4.69, 9.17) is 9.72 Å². The summed E-state index contributed by atoms with van der Waals surface area (Å²) in [6, 6.07) is 13.8. The van der Waals surface area contributed by atoms with E-state index in [9.17, 15) is 4.79 Å². The van der Waals surface area contributed by atoms with Crippen LogP contribution in [0.3, 0.4) is 0 Å². The van der Waals surface area contributed by atoms with Gasteiger partial charge >= 0.3 is 0 Å². The smallest absolute Gasteiger partial charge is 0.228 e. The highest BCUT2D eigenvalue weighted by atomic mass is 16.5. The van der Waals surface area contributed by atoms with Crippen molar-refractivity contribution in [2.45, 2.75) is 19.6 Å². The van der Waals surface area contributed by atoms with Gasteiger partial charge in [-0.15, -0.1) is 0 Å². The quantitative estimate of drug-likeness (QED) is 0.745. The lowest BCUT2D eigenvalue weighted by Crippen LogP contribution is -2.12. The molecule has 0 spiro atoms. The topological polar surface area (TPSA) is 76.1 Å². The van der Waals surface area contributed by atoms with Crippen molar-refractivity contribution >= 4 is 23.2 Å². The summed E-state index contributed by atoms with van der Waals surface area (Å²) in [5, 5.41) is 6.19. The zero-order valence-corrected chi connectivity index (χ0v) is 14.0. The molecule has 3 heterocycles. The first kappa shape index (κ1) is 15.0. The van der Waals surface area contributed by atoms with E-state index in [0.717, 1.165) is 28.2 Å². The van der Waals surface area contributed by atoms with Gasteiger partial charge in [-0.3, -0.25) is 4.79 Å². The third-order valence-electron chi connectivity index (χ3n) is 4.65. The standard InChI is InChI=1S/C20H16N4O2/c25-18-8-13-9-21-20(22-15-6-5-12-10-26-11-14(12)7-15)24-19(13)16-3-1-2-4-17(16)23-18/h1-7,9H,8,10-11H2,(H,23,25)(H,21,22,24). The number of para-hydroxylation sites is 1. The Bertz CT molecular complexity index is 1030. The molecule has 0 fully saturated rings. The van der Waals surface area contributed by atoms with Crippen LogP contribution in [0.15, 0.2) is 48.7 Å². The maximum absolute atomic E-state index is 12.1. The van der Waals surface area contributed by atoms with Gasteiger partial charge in [0.2, 0.25) is 11.9 Å². The van der Waals surface area contributed by atoms with Crippen LogP contribution in [0, 0.1) is 0 Å². The van der Waals surface area contributed by atoms with Crippen molar-refractivity contribution < 1.29 is 9.53 Å². The van der Waals surface area contributed by atoms with E-state index in [-0.39, 0.29) is 12.3 Å². The molecule has 2 aliphatic heterocycles. The number of carbonyl (C=O) groups is 1. The van der Waals surface area contributed by atoms with Crippen LogP contribution in [-0.4, -0.2) is 15.9 Å². The summed E-state index contributed by atoms with van der Waals surface area (Å²) in [4.78, 5) is 21.2. The summed E-state index contributed by atoms with van der Waals surface area (Å²) in [7, 11) is 0. The molecule has 0 atom stereocenters. The number of carbonyl (C=O) groups excluding carboxylic acids is 1. The lowest BCUT2D eigenvalue weighted by Gasteiger charge is -2.11. The molecule has 3 aromatic rings. The fourth-order valence-corrected chi connectivity index (χ4v) is 3.37. The third kappa shape index (κ3) is 2.60. The van der Waals surface area contributed by atoms with Gasteiger partial charge in [0.15, 0.2) is 0 Å². The van der Waals surface area contributed by atoms with Gasteiger partial charge in [0.25, 0.3) is 0 Å². The summed E-state index contributed by atoms with van der Waals surface area (Å²) in [6.07, 6.45) is 1.99. The number of anilines is 3. The molecular weight excluding hydrogens is 328 g/mol. The fraction of sp³-hybridized carbons (Fsp3) is 0.150. The maximum atomic E-state index is 12.1. The van der Waals surface area contributed by atoms with Crippen LogP contribution in [0.2, 0.25) is 0 Å². The number of rotatable bonds is 2. The lowest BCUT2D eigenvalue weighted by molar-refractivity contribution is -0.115. The first-order valence-corrected chi connectivity index (χ1v) is 8.48. The number of benzene rings is 2. The van der Waals surface area contributed by atoms with Crippen LogP contribution < -0.4 is 10.6 Å². The normalized spacial score (nSPS) is 14.7. The van der Waals surface area contributed by atoms with Gasteiger partial charge in [0, 0.05) is 23.0 Å². The minimum absolute atomic E-state index is 0.0564. The first-order valence-electron chi connectivity index (χ1n) is 8.48. The molecule has 0 bridgehead atoms. The number of nitrogens with one attached hydrogen (secondary N) is 2. The molecule has 1 aromatic heterocycles. The Balaban J connectivity index is 1.54. The minimum Gasteiger partial charge on any atom is -0.372 e. The van der Waals surface area contributed by atoms with E-state index in [1.165, 1.54) is 11.1 Å². The fourth-order valence-electron chi connectivity index (χ4n) is 3.37. The Morgan fingerprint density at radius 3 is 2.88 bits per heavy atom. The van der Waals surface area contributed by atoms with Crippen LogP contribution in [0.4, 0.5) is 17.3 Å². The van der Waals surface area contributed by atoms with E-state index in [1.807, 2.05) is 30.3 Å². The molecule has 2 N–H and O–H groups in total. The molecule has 0 aliphatic carbocycles. The highest BCUT2D eigenvalue weighted by Gasteiger charge is 2.20. The second-order valence-corrected chi connectivity index (χ2v) is 6.44. The Morgan fingerprint density at radius 1 is 1.04 bits per heavy atom. The van der Waals surface area contributed by atoms with Gasteiger partial charge < -0.3 is 15.4 Å². The Kier molecular flexibility index (Phi) is 3.43. The van der Waals surface area contributed by atoms with Crippen molar-refractivity contribution in [2.24, 2.45) is 0 Å². The molecule has 6 heteroatoms.